The summed E-state index contributed by atoms with van der Waals surface area (Å²) in [5.74, 6) is 0.962. The topological polar surface area (TPSA) is 121 Å². The quantitative estimate of drug-likeness (QED) is 0.494. The Morgan fingerprint density at radius 3 is 1.97 bits per heavy atom. The van der Waals surface area contributed by atoms with Gasteiger partial charge >= 0.3 is 25.5 Å². The first-order chi connectivity index (χ1) is 13.6. The molecule has 0 aliphatic heterocycles. The van der Waals surface area contributed by atoms with Gasteiger partial charge in [-0.15, -0.1) is 9.19 Å². The first-order valence-corrected chi connectivity index (χ1v) is 11.1. The van der Waals surface area contributed by atoms with E-state index in [9.17, 15) is 16.8 Å². The van der Waals surface area contributed by atoms with Gasteiger partial charge in [-0.2, -0.15) is 21.1 Å². The normalized spacial score (nSPS) is 12.1. The summed E-state index contributed by atoms with van der Waals surface area (Å²) in [5.41, 5.74) is 0. The highest BCUT2D eigenvalue weighted by Crippen LogP contribution is 2.26. The first kappa shape index (κ1) is 21.0. The number of aromatic nitrogens is 3. The summed E-state index contributed by atoms with van der Waals surface area (Å²) >= 11 is 5.81. The summed E-state index contributed by atoms with van der Waals surface area (Å²) in [7, 11) is -5.89. The van der Waals surface area contributed by atoms with Gasteiger partial charge in [-0.25, -0.2) is 4.98 Å². The monoisotopic (exact) mass is 458 g/mol. The maximum atomic E-state index is 12.3. The fraction of sp³-hybridized carbons (Fsp3) is 0.125. The van der Waals surface area contributed by atoms with Crippen LogP contribution in [-0.2, 0) is 20.3 Å². The van der Waals surface area contributed by atoms with Crippen molar-refractivity contribution in [3.8, 4) is 17.2 Å². The van der Waals surface area contributed by atoms with Crippen LogP contribution >= 0.6 is 11.6 Å². The van der Waals surface area contributed by atoms with Gasteiger partial charge in [0.1, 0.15) is 23.6 Å². The Morgan fingerprint density at radius 2 is 1.41 bits per heavy atom. The number of hydrogen-bond acceptors (Lipinski definition) is 8. The Morgan fingerprint density at radius 1 is 0.897 bits per heavy atom. The molecule has 1 heterocycles. The summed E-state index contributed by atoms with van der Waals surface area (Å²) in [4.78, 5) is 3.51. The molecule has 0 amide bonds. The smallest absolute Gasteiger partial charge is 0.377 e. The van der Waals surface area contributed by atoms with E-state index < -0.39 is 25.5 Å². The minimum atomic E-state index is -4.44. The Kier molecular flexibility index (Phi) is 5.80. The van der Waals surface area contributed by atoms with Crippen LogP contribution in [0.5, 0.6) is 17.2 Å². The Balaban J connectivity index is 1.74. The summed E-state index contributed by atoms with van der Waals surface area (Å²) in [6.45, 7) is 0. The second-order valence-corrected chi connectivity index (χ2v) is 9.63. The van der Waals surface area contributed by atoms with Crippen molar-refractivity contribution in [3.63, 3.8) is 0 Å². The Labute approximate surface area is 172 Å². The molecule has 0 aliphatic carbocycles. The average molecular weight is 459 g/mol. The number of nitrogens with zero attached hydrogens (tertiary/aromatic N) is 4. The lowest BCUT2D eigenvalue weighted by Crippen LogP contribution is -2.29. The van der Waals surface area contributed by atoms with E-state index >= 15 is 0 Å². The zero-order valence-corrected chi connectivity index (χ0v) is 17.5. The zero-order valence-electron chi connectivity index (χ0n) is 15.1. The zero-order chi connectivity index (χ0) is 21.2. The molecule has 0 saturated heterocycles. The molecule has 0 unspecified atom stereocenters. The molecule has 13 heteroatoms. The summed E-state index contributed by atoms with van der Waals surface area (Å²) in [6.07, 6.45) is 0.772. The second-order valence-electron chi connectivity index (χ2n) is 5.75. The van der Waals surface area contributed by atoms with Gasteiger partial charge in [-0.3, -0.25) is 0 Å². The fourth-order valence-electron chi connectivity index (χ4n) is 1.99. The van der Waals surface area contributed by atoms with E-state index in [-0.39, 0.29) is 5.75 Å². The molecule has 154 valence electrons. The van der Waals surface area contributed by atoms with Crippen molar-refractivity contribution in [2.45, 2.75) is 5.16 Å². The van der Waals surface area contributed by atoms with Crippen molar-refractivity contribution in [3.05, 3.63) is 59.9 Å². The molecule has 10 nitrogen and oxygen atoms in total. The van der Waals surface area contributed by atoms with Crippen LogP contribution < -0.4 is 8.92 Å². The highest BCUT2D eigenvalue weighted by Gasteiger charge is 2.26. The van der Waals surface area contributed by atoms with Gasteiger partial charge in [0.2, 0.25) is 0 Å². The molecular formula is C16H15ClN4O6S2. The minimum Gasteiger partial charge on any atom is -0.457 e. The molecule has 0 bridgehead atoms. The van der Waals surface area contributed by atoms with Crippen LogP contribution in [0.3, 0.4) is 0 Å². The predicted molar refractivity (Wildman–Crippen MR) is 104 cm³/mol. The van der Waals surface area contributed by atoms with E-state index in [0.29, 0.717) is 20.6 Å². The van der Waals surface area contributed by atoms with Crippen LogP contribution in [0.15, 0.2) is 60.0 Å². The third-order valence-electron chi connectivity index (χ3n) is 3.45. The fourth-order valence-corrected chi connectivity index (χ4v) is 3.66. The predicted octanol–water partition coefficient (Wildman–Crippen LogP) is 2.15. The molecule has 0 saturated carbocycles. The van der Waals surface area contributed by atoms with E-state index in [1.807, 2.05) is 0 Å². The van der Waals surface area contributed by atoms with Gasteiger partial charge in [0.05, 0.1) is 0 Å². The highest BCUT2D eigenvalue weighted by atomic mass is 35.5. The molecule has 0 radical (unpaired) electrons. The standard InChI is InChI=1S/C16H15ClN4O6S2/c1-20(2)29(24,25)21-11-18-16(19-21)28(22,23)27-15-9-7-14(8-10-15)26-13-5-3-12(17)4-6-13/h3-11H,1-2H3. The molecule has 1 aromatic heterocycles. The van der Waals surface area contributed by atoms with E-state index in [4.69, 9.17) is 20.5 Å². The van der Waals surface area contributed by atoms with Gasteiger partial charge in [-0.05, 0) is 48.5 Å². The van der Waals surface area contributed by atoms with Gasteiger partial charge in [0.15, 0.2) is 0 Å². The van der Waals surface area contributed by atoms with Crippen LogP contribution in [0.4, 0.5) is 0 Å². The number of ether oxygens (including phenoxy) is 1. The van der Waals surface area contributed by atoms with Gasteiger partial charge in [0.25, 0.3) is 0 Å². The third kappa shape index (κ3) is 4.85. The van der Waals surface area contributed by atoms with Crippen molar-refractivity contribution in [1.82, 2.24) is 18.5 Å². The molecule has 3 rings (SSSR count). The van der Waals surface area contributed by atoms with Crippen molar-refractivity contribution in [2.24, 2.45) is 0 Å². The lowest BCUT2D eigenvalue weighted by Gasteiger charge is -2.09. The van der Waals surface area contributed by atoms with Gasteiger partial charge in [0, 0.05) is 19.1 Å². The van der Waals surface area contributed by atoms with E-state index in [0.717, 1.165) is 10.6 Å². The summed E-state index contributed by atoms with van der Waals surface area (Å²) < 4.78 is 60.4. The Bertz CT molecular complexity index is 1210. The lowest BCUT2D eigenvalue weighted by atomic mass is 10.3. The van der Waals surface area contributed by atoms with Crippen LogP contribution in [0, 0.1) is 0 Å². The van der Waals surface area contributed by atoms with Crippen molar-refractivity contribution >= 4 is 31.9 Å². The van der Waals surface area contributed by atoms with Crippen molar-refractivity contribution in [2.75, 3.05) is 14.1 Å². The van der Waals surface area contributed by atoms with Crippen LogP contribution in [-0.4, -0.2) is 49.4 Å². The maximum absolute atomic E-state index is 12.3. The number of halogens is 1. The molecular weight excluding hydrogens is 444 g/mol. The maximum Gasteiger partial charge on any atom is 0.377 e. The lowest BCUT2D eigenvalue weighted by molar-refractivity contribution is 0.469. The Hall–Kier alpha value is -2.67. The number of benzene rings is 2. The first-order valence-electron chi connectivity index (χ1n) is 7.90. The van der Waals surface area contributed by atoms with Crippen molar-refractivity contribution in [1.29, 1.82) is 0 Å². The van der Waals surface area contributed by atoms with E-state index in [1.165, 1.54) is 38.4 Å². The van der Waals surface area contributed by atoms with Crippen LogP contribution in [0.1, 0.15) is 0 Å². The largest absolute Gasteiger partial charge is 0.457 e. The molecule has 2 aromatic carbocycles. The molecule has 0 atom stereocenters. The SMILES string of the molecule is CN(C)S(=O)(=O)n1cnc(S(=O)(=O)Oc2ccc(Oc3ccc(Cl)cc3)cc2)n1. The minimum absolute atomic E-state index is 0.0275. The van der Waals surface area contributed by atoms with E-state index in [1.54, 1.807) is 24.3 Å². The average Bonchev–Trinajstić information content (AvgIpc) is 3.17. The summed E-state index contributed by atoms with van der Waals surface area (Å²) in [5, 5.41) is 3.26. The van der Waals surface area contributed by atoms with E-state index in [2.05, 4.69) is 10.1 Å². The molecule has 0 fully saturated rings. The molecule has 0 N–H and O–H groups in total. The molecule has 29 heavy (non-hydrogen) atoms. The molecule has 0 spiro atoms. The highest BCUT2D eigenvalue weighted by molar-refractivity contribution is 7.87. The molecule has 0 aliphatic rings. The second kappa shape index (κ2) is 7.99. The summed E-state index contributed by atoms with van der Waals surface area (Å²) in [6, 6.07) is 12.5. The number of hydrogen-bond donors (Lipinski definition) is 0. The molecule has 3 aromatic rings. The van der Waals surface area contributed by atoms with Gasteiger partial charge < -0.3 is 8.92 Å². The van der Waals surface area contributed by atoms with Crippen molar-refractivity contribution < 1.29 is 25.8 Å². The van der Waals surface area contributed by atoms with Crippen LogP contribution in [0.2, 0.25) is 5.02 Å². The third-order valence-corrected chi connectivity index (χ3v) is 6.32. The number of rotatable bonds is 7. The van der Waals surface area contributed by atoms with Crippen LogP contribution in [0.25, 0.3) is 0 Å². The van der Waals surface area contributed by atoms with Gasteiger partial charge in [-0.1, -0.05) is 11.6 Å².